The van der Waals surface area contributed by atoms with Crippen LogP contribution in [0.15, 0.2) is 52.3 Å². The number of aromatic nitrogens is 3. The van der Waals surface area contributed by atoms with Gasteiger partial charge in [-0.3, -0.25) is 0 Å². The van der Waals surface area contributed by atoms with Gasteiger partial charge in [-0.2, -0.15) is 4.31 Å². The van der Waals surface area contributed by atoms with E-state index < -0.39 is 10.0 Å². The molecule has 1 saturated heterocycles. The van der Waals surface area contributed by atoms with Crippen molar-refractivity contribution in [2.24, 2.45) is 0 Å². The highest BCUT2D eigenvalue weighted by Gasteiger charge is 2.31. The van der Waals surface area contributed by atoms with Gasteiger partial charge in [0.25, 0.3) is 0 Å². The molecule has 28 heavy (non-hydrogen) atoms. The molecule has 0 atom stereocenters. The zero-order chi connectivity index (χ0) is 19.9. The number of anilines is 1. The average molecular weight is 405 g/mol. The third-order valence-corrected chi connectivity index (χ3v) is 6.84. The van der Waals surface area contributed by atoms with Crippen LogP contribution in [0.3, 0.4) is 0 Å². The van der Waals surface area contributed by atoms with Crippen LogP contribution in [0.4, 0.5) is 10.1 Å². The van der Waals surface area contributed by atoms with Crippen molar-refractivity contribution in [1.82, 2.24) is 18.5 Å². The van der Waals surface area contributed by atoms with Gasteiger partial charge < -0.3 is 4.90 Å². The maximum Gasteiger partial charge on any atom is 0.350 e. The molecule has 0 amide bonds. The summed E-state index contributed by atoms with van der Waals surface area (Å²) in [4.78, 5) is 14.3. The highest BCUT2D eigenvalue weighted by Crippen LogP contribution is 2.23. The van der Waals surface area contributed by atoms with Crippen molar-refractivity contribution < 1.29 is 12.8 Å². The molecule has 4 rings (SSSR count). The number of aryl methyl sites for hydroxylation is 1. The molecule has 1 aromatic carbocycles. The Bertz CT molecular complexity index is 1160. The number of rotatable bonds is 4. The van der Waals surface area contributed by atoms with Crippen LogP contribution in [0.25, 0.3) is 5.65 Å². The van der Waals surface area contributed by atoms with E-state index in [0.29, 0.717) is 32.7 Å². The lowest BCUT2D eigenvalue weighted by Crippen LogP contribution is -2.48. The molecule has 1 aliphatic rings. The van der Waals surface area contributed by atoms with Crippen LogP contribution in [0.5, 0.6) is 0 Å². The van der Waals surface area contributed by atoms with Gasteiger partial charge in [0.1, 0.15) is 10.7 Å². The summed E-state index contributed by atoms with van der Waals surface area (Å²) in [7, 11) is -3.80. The summed E-state index contributed by atoms with van der Waals surface area (Å²) in [5, 5.41) is 4.18. The largest absolute Gasteiger partial charge is 0.369 e. The first-order valence-electron chi connectivity index (χ1n) is 9.00. The maximum atomic E-state index is 13.2. The molecule has 3 aromatic rings. The summed E-state index contributed by atoms with van der Waals surface area (Å²) in [6, 6.07) is 9.16. The molecule has 0 unspecified atom stereocenters. The molecule has 0 aliphatic carbocycles. The van der Waals surface area contributed by atoms with Gasteiger partial charge >= 0.3 is 5.69 Å². The number of fused-ring (bicyclic) bond motifs is 1. The van der Waals surface area contributed by atoms with Crippen molar-refractivity contribution in [3.05, 3.63) is 58.9 Å². The molecule has 0 bridgehead atoms. The lowest BCUT2D eigenvalue weighted by molar-refractivity contribution is 0.385. The lowest BCUT2D eigenvalue weighted by Gasteiger charge is -2.35. The minimum atomic E-state index is -3.80. The number of sulfonamides is 1. The van der Waals surface area contributed by atoms with E-state index in [1.165, 1.54) is 43.9 Å². The van der Waals surface area contributed by atoms with Crippen LogP contribution in [0.1, 0.15) is 6.92 Å². The first-order chi connectivity index (χ1) is 13.4. The van der Waals surface area contributed by atoms with Crippen molar-refractivity contribution in [1.29, 1.82) is 0 Å². The van der Waals surface area contributed by atoms with Crippen LogP contribution in [-0.2, 0) is 16.6 Å². The van der Waals surface area contributed by atoms with Crippen molar-refractivity contribution in [2.45, 2.75) is 18.4 Å². The highest BCUT2D eigenvalue weighted by molar-refractivity contribution is 7.89. The van der Waals surface area contributed by atoms with E-state index in [2.05, 4.69) is 5.10 Å². The van der Waals surface area contributed by atoms with Crippen molar-refractivity contribution >= 4 is 21.4 Å². The zero-order valence-corrected chi connectivity index (χ0v) is 16.1. The van der Waals surface area contributed by atoms with Gasteiger partial charge in [0.05, 0.1) is 0 Å². The van der Waals surface area contributed by atoms with Crippen molar-refractivity contribution in [3.63, 3.8) is 0 Å². The highest BCUT2D eigenvalue weighted by atomic mass is 32.2. The first-order valence-corrected chi connectivity index (χ1v) is 10.4. The summed E-state index contributed by atoms with van der Waals surface area (Å²) in [5.41, 5.74) is 0.625. The predicted octanol–water partition coefficient (Wildman–Crippen LogP) is 1.17. The van der Waals surface area contributed by atoms with E-state index in [4.69, 9.17) is 0 Å². The minimum Gasteiger partial charge on any atom is -0.369 e. The lowest BCUT2D eigenvalue weighted by atomic mass is 10.2. The molecule has 0 radical (unpaired) electrons. The molecule has 10 heteroatoms. The van der Waals surface area contributed by atoms with Crippen molar-refractivity contribution in [2.75, 3.05) is 31.1 Å². The van der Waals surface area contributed by atoms with Crippen LogP contribution in [-0.4, -0.2) is 53.1 Å². The third-order valence-electron chi connectivity index (χ3n) is 4.92. The Morgan fingerprint density at radius 1 is 1.07 bits per heavy atom. The normalized spacial score (nSPS) is 16.0. The Labute approximate surface area is 161 Å². The van der Waals surface area contributed by atoms with Crippen LogP contribution >= 0.6 is 0 Å². The Hall–Kier alpha value is -2.72. The van der Waals surface area contributed by atoms with E-state index in [1.54, 1.807) is 19.1 Å². The number of piperazine rings is 1. The summed E-state index contributed by atoms with van der Waals surface area (Å²) >= 11 is 0. The second kappa shape index (κ2) is 7.02. The molecule has 8 nitrogen and oxygen atoms in total. The van der Waals surface area contributed by atoms with E-state index in [0.717, 1.165) is 5.69 Å². The Morgan fingerprint density at radius 2 is 1.75 bits per heavy atom. The van der Waals surface area contributed by atoms with Crippen LogP contribution in [0, 0.1) is 5.82 Å². The van der Waals surface area contributed by atoms with Gasteiger partial charge in [-0.05, 0) is 43.3 Å². The number of nitrogens with zero attached hydrogens (tertiary/aromatic N) is 5. The molecule has 0 N–H and O–H groups in total. The van der Waals surface area contributed by atoms with E-state index >= 15 is 0 Å². The minimum absolute atomic E-state index is 0.0227. The number of benzene rings is 1. The third kappa shape index (κ3) is 3.08. The fourth-order valence-corrected chi connectivity index (χ4v) is 4.94. The van der Waals surface area contributed by atoms with Gasteiger partial charge in [-0.15, -0.1) is 5.10 Å². The molecular weight excluding hydrogens is 385 g/mol. The molecule has 3 heterocycles. The molecule has 1 aliphatic heterocycles. The SMILES string of the molecule is CCn1nc2c(S(=O)(=O)N3CCN(c4ccc(F)cc4)CC3)cccn2c1=O. The Kier molecular flexibility index (Phi) is 4.68. The maximum absolute atomic E-state index is 13.2. The zero-order valence-electron chi connectivity index (χ0n) is 15.3. The van der Waals surface area contributed by atoms with Gasteiger partial charge in [-0.25, -0.2) is 26.7 Å². The van der Waals surface area contributed by atoms with Crippen molar-refractivity contribution in [3.8, 4) is 0 Å². The van der Waals surface area contributed by atoms with E-state index in [9.17, 15) is 17.6 Å². The number of halogens is 1. The van der Waals surface area contributed by atoms with E-state index in [-0.39, 0.29) is 22.0 Å². The van der Waals surface area contributed by atoms with Crippen LogP contribution < -0.4 is 10.6 Å². The average Bonchev–Trinajstić information content (AvgIpc) is 3.04. The molecule has 0 spiro atoms. The molecule has 2 aromatic heterocycles. The number of pyridine rings is 1. The second-order valence-corrected chi connectivity index (χ2v) is 8.44. The monoisotopic (exact) mass is 405 g/mol. The molecule has 0 saturated carbocycles. The molecular formula is C18H20FN5O3S. The summed E-state index contributed by atoms with van der Waals surface area (Å²) in [5.74, 6) is -0.306. The fraction of sp³-hybridized carbons (Fsp3) is 0.333. The smallest absolute Gasteiger partial charge is 0.350 e. The predicted molar refractivity (Wildman–Crippen MR) is 102 cm³/mol. The number of hydrogen-bond acceptors (Lipinski definition) is 5. The molecule has 1 fully saturated rings. The Balaban J connectivity index is 1.61. The quantitative estimate of drug-likeness (QED) is 0.651. The van der Waals surface area contributed by atoms with Gasteiger partial charge in [0, 0.05) is 44.6 Å². The van der Waals surface area contributed by atoms with Gasteiger partial charge in [0.2, 0.25) is 10.0 Å². The summed E-state index contributed by atoms with van der Waals surface area (Å²) < 4.78 is 43.4. The number of hydrogen-bond donors (Lipinski definition) is 0. The van der Waals surface area contributed by atoms with E-state index in [1.807, 2.05) is 4.90 Å². The standard InChI is InChI=1S/C18H20FN5O3S/c1-2-24-18(25)23-9-3-4-16(17(23)20-24)28(26,27)22-12-10-21(11-13-22)15-7-5-14(19)6-8-15/h3-9H,2,10-13H2,1H3. The first kappa shape index (κ1) is 18.6. The van der Waals surface area contributed by atoms with Gasteiger partial charge in [0.15, 0.2) is 5.65 Å². The molecule has 148 valence electrons. The Morgan fingerprint density at radius 3 is 2.39 bits per heavy atom. The summed E-state index contributed by atoms with van der Waals surface area (Å²) in [6.45, 7) is 3.69. The van der Waals surface area contributed by atoms with Gasteiger partial charge in [-0.1, -0.05) is 0 Å². The summed E-state index contributed by atoms with van der Waals surface area (Å²) in [6.07, 6.45) is 1.52. The topological polar surface area (TPSA) is 79.9 Å². The van der Waals surface area contributed by atoms with Crippen LogP contribution in [0.2, 0.25) is 0 Å². The fourth-order valence-electron chi connectivity index (χ4n) is 3.40. The second-order valence-electron chi connectivity index (χ2n) is 6.53.